The van der Waals surface area contributed by atoms with Gasteiger partial charge in [-0.15, -0.1) is 0 Å². The standard InChI is InChI=1S/C18H20FN5/c1-11-9-16(21-17(20-11)12-5-3-2-4-6-12)22-18-14-10-13(19)7-8-15(14)23-24-18/h7-10,12H,2-6H2,1H3,(H2,20,21,22,23,24). The second-order valence-corrected chi connectivity index (χ2v) is 6.47. The van der Waals surface area contributed by atoms with Crippen LogP contribution in [0.5, 0.6) is 0 Å². The molecule has 124 valence electrons. The lowest BCUT2D eigenvalue weighted by atomic mass is 9.88. The van der Waals surface area contributed by atoms with Crippen molar-refractivity contribution in [3.63, 3.8) is 0 Å². The van der Waals surface area contributed by atoms with Crippen molar-refractivity contribution < 1.29 is 4.39 Å². The summed E-state index contributed by atoms with van der Waals surface area (Å²) in [7, 11) is 0. The Kier molecular flexibility index (Phi) is 3.88. The first-order valence-electron chi connectivity index (χ1n) is 8.45. The number of nitrogens with zero attached hydrogens (tertiary/aromatic N) is 3. The Morgan fingerprint density at radius 2 is 1.96 bits per heavy atom. The van der Waals surface area contributed by atoms with E-state index in [2.05, 4.69) is 20.5 Å². The number of fused-ring (bicyclic) bond motifs is 1. The highest BCUT2D eigenvalue weighted by Gasteiger charge is 2.19. The molecule has 24 heavy (non-hydrogen) atoms. The molecule has 1 saturated carbocycles. The molecule has 1 aromatic carbocycles. The average molecular weight is 325 g/mol. The molecule has 4 rings (SSSR count). The van der Waals surface area contributed by atoms with E-state index in [9.17, 15) is 4.39 Å². The minimum absolute atomic E-state index is 0.284. The first-order chi connectivity index (χ1) is 11.7. The van der Waals surface area contributed by atoms with Gasteiger partial charge in [0, 0.05) is 23.1 Å². The maximum Gasteiger partial charge on any atom is 0.161 e. The summed E-state index contributed by atoms with van der Waals surface area (Å²) in [6.07, 6.45) is 6.10. The molecule has 0 radical (unpaired) electrons. The fraction of sp³-hybridized carbons (Fsp3) is 0.389. The summed E-state index contributed by atoms with van der Waals surface area (Å²) in [5.41, 5.74) is 1.72. The highest BCUT2D eigenvalue weighted by atomic mass is 19.1. The molecule has 0 amide bonds. The van der Waals surface area contributed by atoms with Gasteiger partial charge in [-0.25, -0.2) is 14.4 Å². The van der Waals surface area contributed by atoms with Gasteiger partial charge < -0.3 is 5.32 Å². The average Bonchev–Trinajstić information content (AvgIpc) is 2.97. The maximum absolute atomic E-state index is 13.5. The van der Waals surface area contributed by atoms with Crippen LogP contribution in [0.4, 0.5) is 16.0 Å². The SMILES string of the molecule is Cc1cc(Nc2n[nH]c3ccc(F)cc23)nc(C2CCCCC2)n1. The molecule has 2 N–H and O–H groups in total. The quantitative estimate of drug-likeness (QED) is 0.739. The predicted molar refractivity (Wildman–Crippen MR) is 91.9 cm³/mol. The fourth-order valence-electron chi connectivity index (χ4n) is 3.40. The number of rotatable bonds is 3. The molecule has 0 aliphatic heterocycles. The van der Waals surface area contributed by atoms with E-state index in [1.807, 2.05) is 13.0 Å². The molecule has 5 nitrogen and oxygen atoms in total. The van der Waals surface area contributed by atoms with Crippen molar-refractivity contribution in [3.8, 4) is 0 Å². The summed E-state index contributed by atoms with van der Waals surface area (Å²) in [5, 5.41) is 11.1. The number of nitrogens with one attached hydrogen (secondary N) is 2. The summed E-state index contributed by atoms with van der Waals surface area (Å²) in [5.74, 6) is 2.35. The Labute approximate surface area is 139 Å². The molecule has 0 atom stereocenters. The third-order valence-corrected chi connectivity index (χ3v) is 4.61. The van der Waals surface area contributed by atoms with Crippen LogP contribution >= 0.6 is 0 Å². The van der Waals surface area contributed by atoms with Crippen molar-refractivity contribution in [1.29, 1.82) is 0 Å². The largest absolute Gasteiger partial charge is 0.323 e. The van der Waals surface area contributed by atoms with Crippen LogP contribution < -0.4 is 5.32 Å². The van der Waals surface area contributed by atoms with Gasteiger partial charge in [-0.3, -0.25) is 5.10 Å². The number of halogens is 1. The Bertz CT molecular complexity index is 867. The van der Waals surface area contributed by atoms with Crippen molar-refractivity contribution >= 4 is 22.5 Å². The van der Waals surface area contributed by atoms with Crippen LogP contribution in [0.15, 0.2) is 24.3 Å². The first kappa shape index (κ1) is 15.1. The van der Waals surface area contributed by atoms with Gasteiger partial charge in [0.1, 0.15) is 17.5 Å². The van der Waals surface area contributed by atoms with Gasteiger partial charge >= 0.3 is 0 Å². The van der Waals surface area contributed by atoms with E-state index in [0.29, 0.717) is 22.9 Å². The van der Waals surface area contributed by atoms with Crippen molar-refractivity contribution in [2.75, 3.05) is 5.32 Å². The van der Waals surface area contributed by atoms with Crippen molar-refractivity contribution in [2.24, 2.45) is 0 Å². The Morgan fingerprint density at radius 3 is 2.79 bits per heavy atom. The number of hydrogen-bond acceptors (Lipinski definition) is 4. The molecule has 2 heterocycles. The van der Waals surface area contributed by atoms with Crippen LogP contribution in [0.3, 0.4) is 0 Å². The number of hydrogen-bond donors (Lipinski definition) is 2. The van der Waals surface area contributed by atoms with Gasteiger partial charge in [0.05, 0.1) is 5.52 Å². The normalized spacial score (nSPS) is 15.8. The van der Waals surface area contributed by atoms with Crippen molar-refractivity contribution in [3.05, 3.63) is 41.6 Å². The zero-order chi connectivity index (χ0) is 16.5. The van der Waals surface area contributed by atoms with Gasteiger partial charge in [-0.1, -0.05) is 19.3 Å². The topological polar surface area (TPSA) is 66.5 Å². The van der Waals surface area contributed by atoms with Crippen LogP contribution in [0.25, 0.3) is 10.9 Å². The smallest absolute Gasteiger partial charge is 0.161 e. The molecule has 1 fully saturated rings. The van der Waals surface area contributed by atoms with Crippen molar-refractivity contribution in [1.82, 2.24) is 20.2 Å². The second kappa shape index (κ2) is 6.19. The molecule has 3 aromatic rings. The molecule has 1 aliphatic rings. The predicted octanol–water partition coefficient (Wildman–Crippen LogP) is 4.59. The second-order valence-electron chi connectivity index (χ2n) is 6.47. The third kappa shape index (κ3) is 2.96. The van der Waals surface area contributed by atoms with Crippen LogP contribution in [-0.4, -0.2) is 20.2 Å². The Morgan fingerprint density at radius 1 is 1.12 bits per heavy atom. The van der Waals surface area contributed by atoms with Crippen LogP contribution in [0.2, 0.25) is 0 Å². The van der Waals surface area contributed by atoms with Gasteiger partial charge in [0.2, 0.25) is 0 Å². The van der Waals surface area contributed by atoms with E-state index in [1.165, 1.54) is 31.4 Å². The molecular formula is C18H20FN5. The summed E-state index contributed by atoms with van der Waals surface area (Å²) < 4.78 is 13.5. The Balaban J connectivity index is 1.66. The number of aromatic amines is 1. The molecular weight excluding hydrogens is 305 g/mol. The fourth-order valence-corrected chi connectivity index (χ4v) is 3.40. The lowest BCUT2D eigenvalue weighted by Crippen LogP contribution is -2.11. The van der Waals surface area contributed by atoms with E-state index >= 15 is 0 Å². The van der Waals surface area contributed by atoms with Crippen LogP contribution in [0.1, 0.15) is 49.5 Å². The number of aryl methyl sites for hydroxylation is 1. The van der Waals surface area contributed by atoms with Crippen LogP contribution in [-0.2, 0) is 0 Å². The summed E-state index contributed by atoms with van der Waals surface area (Å²) in [4.78, 5) is 9.32. The summed E-state index contributed by atoms with van der Waals surface area (Å²) in [6.45, 7) is 1.97. The number of anilines is 2. The minimum Gasteiger partial charge on any atom is -0.323 e. The zero-order valence-electron chi connectivity index (χ0n) is 13.6. The van der Waals surface area contributed by atoms with E-state index in [-0.39, 0.29) is 5.82 Å². The number of H-pyrrole nitrogens is 1. The molecule has 0 spiro atoms. The van der Waals surface area contributed by atoms with Gasteiger partial charge in [-0.05, 0) is 38.0 Å². The van der Waals surface area contributed by atoms with Crippen molar-refractivity contribution in [2.45, 2.75) is 44.9 Å². The van der Waals surface area contributed by atoms with Crippen LogP contribution in [0, 0.1) is 12.7 Å². The summed E-state index contributed by atoms with van der Waals surface area (Å²) in [6, 6.07) is 6.46. The highest BCUT2D eigenvalue weighted by molar-refractivity contribution is 5.91. The maximum atomic E-state index is 13.5. The molecule has 1 aliphatic carbocycles. The monoisotopic (exact) mass is 325 g/mol. The van der Waals surface area contributed by atoms with Gasteiger partial charge in [0.15, 0.2) is 5.82 Å². The highest BCUT2D eigenvalue weighted by Crippen LogP contribution is 2.32. The van der Waals surface area contributed by atoms with E-state index in [1.54, 1.807) is 6.07 Å². The summed E-state index contributed by atoms with van der Waals surface area (Å²) >= 11 is 0. The molecule has 0 saturated heterocycles. The number of benzene rings is 1. The molecule has 0 bridgehead atoms. The Hall–Kier alpha value is -2.50. The van der Waals surface area contributed by atoms with E-state index in [0.717, 1.165) is 29.9 Å². The minimum atomic E-state index is -0.284. The lowest BCUT2D eigenvalue weighted by molar-refractivity contribution is 0.428. The molecule has 0 unspecified atom stereocenters. The van der Waals surface area contributed by atoms with E-state index in [4.69, 9.17) is 4.98 Å². The third-order valence-electron chi connectivity index (χ3n) is 4.61. The van der Waals surface area contributed by atoms with Gasteiger partial charge in [-0.2, -0.15) is 5.10 Å². The number of aromatic nitrogens is 4. The zero-order valence-corrected chi connectivity index (χ0v) is 13.6. The lowest BCUT2D eigenvalue weighted by Gasteiger charge is -2.21. The molecule has 6 heteroatoms. The van der Waals surface area contributed by atoms with Gasteiger partial charge in [0.25, 0.3) is 0 Å². The first-order valence-corrected chi connectivity index (χ1v) is 8.45. The molecule has 2 aromatic heterocycles. The van der Waals surface area contributed by atoms with E-state index < -0.39 is 0 Å².